The largest absolute Gasteiger partial charge is 0.416 e. The number of nitrogens with one attached hydrogen (secondary N) is 1. The Bertz CT molecular complexity index is 977. The number of halogens is 4. The number of carbonyl (C=O) groups excluding carboxylic acids is 2. The molecule has 2 aliphatic rings. The van der Waals surface area contributed by atoms with Crippen LogP contribution in [0.5, 0.6) is 0 Å². The van der Waals surface area contributed by atoms with Crippen molar-refractivity contribution in [1.82, 2.24) is 4.90 Å². The second kappa shape index (κ2) is 8.32. The SMILES string of the molecule is O=C(Nc1cc(C(F)(F)F)ccc1F)[C@H]1C[C@H]2CCCC[C@@H]2N1C(=O)c1ccccc1. The highest BCUT2D eigenvalue weighted by atomic mass is 19.4. The second-order valence-electron chi connectivity index (χ2n) is 8.12. The highest BCUT2D eigenvalue weighted by Crippen LogP contribution is 2.41. The van der Waals surface area contributed by atoms with Gasteiger partial charge in [-0.1, -0.05) is 31.0 Å². The summed E-state index contributed by atoms with van der Waals surface area (Å²) in [6.07, 6.45) is -0.655. The first-order valence-corrected chi connectivity index (χ1v) is 10.3. The van der Waals surface area contributed by atoms with Crippen LogP contribution in [0, 0.1) is 11.7 Å². The van der Waals surface area contributed by atoms with Crippen LogP contribution >= 0.6 is 0 Å². The fourth-order valence-corrected chi connectivity index (χ4v) is 4.73. The smallest absolute Gasteiger partial charge is 0.323 e. The van der Waals surface area contributed by atoms with Crippen molar-refractivity contribution in [1.29, 1.82) is 0 Å². The van der Waals surface area contributed by atoms with E-state index in [0.29, 0.717) is 30.2 Å². The number of alkyl halides is 3. The number of benzene rings is 2. The fourth-order valence-electron chi connectivity index (χ4n) is 4.73. The van der Waals surface area contributed by atoms with E-state index in [9.17, 15) is 27.2 Å². The lowest BCUT2D eigenvalue weighted by atomic mass is 9.84. The molecular weight excluding hydrogens is 412 g/mol. The molecule has 1 aliphatic heterocycles. The van der Waals surface area contributed by atoms with Crippen LogP contribution in [-0.2, 0) is 11.0 Å². The summed E-state index contributed by atoms with van der Waals surface area (Å²) in [5.41, 5.74) is -1.15. The van der Waals surface area contributed by atoms with Gasteiger partial charge in [-0.25, -0.2) is 4.39 Å². The highest BCUT2D eigenvalue weighted by molar-refractivity contribution is 6.02. The third-order valence-corrected chi connectivity index (χ3v) is 6.20. The van der Waals surface area contributed by atoms with Crippen LogP contribution in [0.1, 0.15) is 48.0 Å². The molecule has 164 valence electrons. The van der Waals surface area contributed by atoms with Crippen LogP contribution in [0.3, 0.4) is 0 Å². The van der Waals surface area contributed by atoms with Crippen molar-refractivity contribution in [2.24, 2.45) is 5.92 Å². The van der Waals surface area contributed by atoms with Crippen molar-refractivity contribution in [3.8, 4) is 0 Å². The predicted octanol–water partition coefficient (Wildman–Crippen LogP) is 5.26. The molecule has 4 rings (SSSR count). The minimum absolute atomic E-state index is 0.108. The molecule has 1 saturated carbocycles. The minimum atomic E-state index is -4.66. The van der Waals surface area contributed by atoms with Gasteiger partial charge >= 0.3 is 6.18 Å². The topological polar surface area (TPSA) is 49.4 Å². The van der Waals surface area contributed by atoms with Gasteiger partial charge in [-0.2, -0.15) is 13.2 Å². The maximum atomic E-state index is 14.2. The van der Waals surface area contributed by atoms with E-state index < -0.39 is 35.2 Å². The molecule has 1 heterocycles. The molecule has 2 aromatic carbocycles. The van der Waals surface area contributed by atoms with Gasteiger partial charge in [0.2, 0.25) is 5.91 Å². The van der Waals surface area contributed by atoms with Gasteiger partial charge in [-0.05, 0) is 55.5 Å². The van der Waals surface area contributed by atoms with E-state index in [-0.39, 0.29) is 17.9 Å². The lowest BCUT2D eigenvalue weighted by Crippen LogP contribution is -2.47. The van der Waals surface area contributed by atoms with Gasteiger partial charge in [-0.15, -0.1) is 0 Å². The second-order valence-corrected chi connectivity index (χ2v) is 8.12. The number of hydrogen-bond acceptors (Lipinski definition) is 2. The number of carbonyl (C=O) groups is 2. The fraction of sp³-hybridized carbons (Fsp3) is 0.391. The molecule has 2 amide bonds. The molecule has 1 aliphatic carbocycles. The van der Waals surface area contributed by atoms with Crippen LogP contribution in [0.4, 0.5) is 23.2 Å². The zero-order valence-electron chi connectivity index (χ0n) is 16.7. The van der Waals surface area contributed by atoms with Gasteiger partial charge in [0, 0.05) is 11.6 Å². The van der Waals surface area contributed by atoms with E-state index in [0.717, 1.165) is 25.7 Å². The number of fused-ring (bicyclic) bond motifs is 1. The quantitative estimate of drug-likeness (QED) is 0.671. The molecule has 0 unspecified atom stereocenters. The first-order chi connectivity index (χ1) is 14.8. The number of nitrogens with zero attached hydrogens (tertiary/aromatic N) is 1. The number of rotatable bonds is 3. The van der Waals surface area contributed by atoms with Crippen LogP contribution in [0.25, 0.3) is 0 Å². The molecule has 0 aromatic heterocycles. The minimum Gasteiger partial charge on any atom is -0.323 e. The van der Waals surface area contributed by atoms with Crippen molar-refractivity contribution >= 4 is 17.5 Å². The normalized spacial score (nSPS) is 23.4. The molecule has 3 atom stereocenters. The van der Waals surface area contributed by atoms with Gasteiger partial charge in [-0.3, -0.25) is 9.59 Å². The predicted molar refractivity (Wildman–Crippen MR) is 107 cm³/mol. The number of amides is 2. The lowest BCUT2D eigenvalue weighted by Gasteiger charge is -2.33. The number of anilines is 1. The van der Waals surface area contributed by atoms with Crippen molar-refractivity contribution in [3.63, 3.8) is 0 Å². The summed E-state index contributed by atoms with van der Waals surface area (Å²) in [6, 6.07) is 9.49. The Balaban J connectivity index is 1.62. The highest BCUT2D eigenvalue weighted by Gasteiger charge is 2.47. The van der Waals surface area contributed by atoms with E-state index in [1.165, 1.54) is 0 Å². The first kappa shape index (κ1) is 21.3. The average Bonchev–Trinajstić information content (AvgIpc) is 3.14. The molecule has 4 nitrogen and oxygen atoms in total. The van der Waals surface area contributed by atoms with Crippen LogP contribution < -0.4 is 5.32 Å². The molecule has 0 bridgehead atoms. The molecule has 1 saturated heterocycles. The summed E-state index contributed by atoms with van der Waals surface area (Å²) in [5.74, 6) is -1.78. The number of likely N-dealkylation sites (tertiary alicyclic amines) is 1. The average molecular weight is 434 g/mol. The van der Waals surface area contributed by atoms with Crippen LogP contribution in [-0.4, -0.2) is 28.8 Å². The van der Waals surface area contributed by atoms with Gasteiger partial charge in [0.1, 0.15) is 11.9 Å². The molecular formula is C23H22F4N2O2. The van der Waals surface area contributed by atoms with E-state index in [1.54, 1.807) is 35.2 Å². The maximum absolute atomic E-state index is 14.2. The molecule has 0 radical (unpaired) electrons. The standard InChI is InChI=1S/C23H22F4N2O2/c24-17-11-10-16(23(25,26)27)13-18(17)28-21(30)20-12-15-8-4-5-9-19(15)29(20)22(31)14-6-2-1-3-7-14/h1-3,6-7,10-11,13,15,19-20H,4-5,8-9,12H2,(H,28,30)/t15-,19+,20-/m1/s1. The Morgan fingerprint density at radius 2 is 1.71 bits per heavy atom. The van der Waals surface area contributed by atoms with Crippen molar-refractivity contribution in [2.75, 3.05) is 5.32 Å². The third-order valence-electron chi connectivity index (χ3n) is 6.20. The lowest BCUT2D eigenvalue weighted by molar-refractivity contribution is -0.137. The Morgan fingerprint density at radius 1 is 1.00 bits per heavy atom. The third kappa shape index (κ3) is 4.29. The molecule has 2 fully saturated rings. The van der Waals surface area contributed by atoms with Crippen molar-refractivity contribution in [2.45, 2.75) is 50.4 Å². The number of hydrogen-bond donors (Lipinski definition) is 1. The molecule has 0 spiro atoms. The Labute approximate surface area is 177 Å². The first-order valence-electron chi connectivity index (χ1n) is 10.3. The summed E-state index contributed by atoms with van der Waals surface area (Å²) in [5, 5.41) is 2.30. The summed E-state index contributed by atoms with van der Waals surface area (Å²) in [7, 11) is 0. The molecule has 2 aromatic rings. The summed E-state index contributed by atoms with van der Waals surface area (Å²) in [4.78, 5) is 27.9. The van der Waals surface area contributed by atoms with Crippen LogP contribution in [0.15, 0.2) is 48.5 Å². The summed E-state index contributed by atoms with van der Waals surface area (Å²) >= 11 is 0. The van der Waals surface area contributed by atoms with Gasteiger partial charge in [0.15, 0.2) is 0 Å². The van der Waals surface area contributed by atoms with Gasteiger partial charge in [0.25, 0.3) is 5.91 Å². The zero-order chi connectivity index (χ0) is 22.2. The van der Waals surface area contributed by atoms with Gasteiger partial charge in [0.05, 0.1) is 11.3 Å². The van der Waals surface area contributed by atoms with E-state index in [1.807, 2.05) is 0 Å². The van der Waals surface area contributed by atoms with E-state index in [4.69, 9.17) is 0 Å². The Morgan fingerprint density at radius 3 is 2.42 bits per heavy atom. The van der Waals surface area contributed by atoms with Gasteiger partial charge < -0.3 is 10.2 Å². The monoisotopic (exact) mass is 434 g/mol. The zero-order valence-corrected chi connectivity index (χ0v) is 16.7. The summed E-state index contributed by atoms with van der Waals surface area (Å²) < 4.78 is 53.2. The maximum Gasteiger partial charge on any atom is 0.416 e. The Hall–Kier alpha value is -2.90. The Kier molecular flexibility index (Phi) is 5.73. The summed E-state index contributed by atoms with van der Waals surface area (Å²) in [6.45, 7) is 0. The molecule has 8 heteroatoms. The van der Waals surface area contributed by atoms with Crippen molar-refractivity contribution in [3.05, 3.63) is 65.5 Å². The van der Waals surface area contributed by atoms with E-state index in [2.05, 4.69) is 5.32 Å². The molecule has 1 N–H and O–H groups in total. The molecule has 31 heavy (non-hydrogen) atoms. The van der Waals surface area contributed by atoms with Crippen molar-refractivity contribution < 1.29 is 27.2 Å². The van der Waals surface area contributed by atoms with E-state index >= 15 is 0 Å². The van der Waals surface area contributed by atoms with Crippen LogP contribution in [0.2, 0.25) is 0 Å².